The predicted octanol–water partition coefficient (Wildman–Crippen LogP) is 2.18. The number of rotatable bonds is 5. The number of esters is 1. The van der Waals surface area contributed by atoms with Crippen LogP contribution in [-0.2, 0) is 9.53 Å². The monoisotopic (exact) mass is 300 g/mol. The summed E-state index contributed by atoms with van der Waals surface area (Å²) < 4.78 is 4.78. The maximum Gasteiger partial charge on any atom is 0.340 e. The molecule has 0 aromatic heterocycles. The third-order valence-corrected chi connectivity index (χ3v) is 2.61. The molecule has 0 saturated heterocycles. The van der Waals surface area contributed by atoms with Gasteiger partial charge in [0, 0.05) is 11.6 Å². The first-order chi connectivity index (χ1) is 9.04. The number of carbonyl (C=O) groups excluding carboxylic acids is 2. The zero-order valence-electron chi connectivity index (χ0n) is 9.78. The molecule has 0 fully saturated rings. The van der Waals surface area contributed by atoms with E-state index in [1.165, 1.54) is 18.2 Å². The maximum absolute atomic E-state index is 11.7. The Kier molecular flexibility index (Phi) is 6.13. The minimum Gasteiger partial charge on any atom is -0.452 e. The van der Waals surface area contributed by atoms with Crippen molar-refractivity contribution in [2.75, 3.05) is 13.2 Å². The topological polar surface area (TPSA) is 79.2 Å². The smallest absolute Gasteiger partial charge is 0.340 e. The average Bonchev–Trinajstić information content (AvgIpc) is 2.39. The molecule has 1 amide bonds. The second-order valence-electron chi connectivity index (χ2n) is 3.46. The molecule has 5 nitrogen and oxygen atoms in total. The molecule has 1 aromatic carbocycles. The van der Waals surface area contributed by atoms with Crippen molar-refractivity contribution in [3.63, 3.8) is 0 Å². The van der Waals surface area contributed by atoms with E-state index in [-0.39, 0.29) is 23.6 Å². The van der Waals surface area contributed by atoms with Crippen LogP contribution in [0, 0.1) is 11.3 Å². The molecule has 0 aliphatic carbocycles. The lowest BCUT2D eigenvalue weighted by atomic mass is 10.2. The standard InChI is InChI=1S/C12H10Cl2N2O3/c13-8-2-3-10(14)9(6-8)12(18)19-7-11(17)16-5-1-4-15/h2-3,6H,1,5,7H2,(H,16,17). The minimum absolute atomic E-state index is 0.0963. The molecule has 1 rings (SSSR count). The summed E-state index contributed by atoms with van der Waals surface area (Å²) in [5, 5.41) is 11.2. The highest BCUT2D eigenvalue weighted by Crippen LogP contribution is 2.21. The van der Waals surface area contributed by atoms with Crippen LogP contribution in [0.5, 0.6) is 0 Å². The number of halogens is 2. The number of benzene rings is 1. The molecular weight excluding hydrogens is 291 g/mol. The molecule has 0 atom stereocenters. The van der Waals surface area contributed by atoms with Crippen LogP contribution in [0.2, 0.25) is 10.0 Å². The Hall–Kier alpha value is -1.77. The lowest BCUT2D eigenvalue weighted by Crippen LogP contribution is -2.29. The molecule has 1 N–H and O–H groups in total. The maximum atomic E-state index is 11.7. The van der Waals surface area contributed by atoms with Gasteiger partial charge in [0.25, 0.3) is 5.91 Å². The van der Waals surface area contributed by atoms with Crippen LogP contribution >= 0.6 is 23.2 Å². The van der Waals surface area contributed by atoms with Gasteiger partial charge in [-0.2, -0.15) is 5.26 Å². The Morgan fingerprint density at radius 2 is 2.11 bits per heavy atom. The molecule has 0 radical (unpaired) electrons. The average molecular weight is 301 g/mol. The fourth-order valence-electron chi connectivity index (χ4n) is 1.17. The van der Waals surface area contributed by atoms with Crippen LogP contribution < -0.4 is 5.32 Å². The molecule has 1 aromatic rings. The molecular formula is C12H10Cl2N2O3. The van der Waals surface area contributed by atoms with Crippen molar-refractivity contribution in [1.82, 2.24) is 5.32 Å². The quantitative estimate of drug-likeness (QED) is 0.668. The summed E-state index contributed by atoms with van der Waals surface area (Å²) in [5.74, 6) is -1.22. The minimum atomic E-state index is -0.733. The fraction of sp³-hybridized carbons (Fsp3) is 0.250. The molecule has 0 bridgehead atoms. The molecule has 0 aliphatic rings. The van der Waals surface area contributed by atoms with Crippen molar-refractivity contribution in [1.29, 1.82) is 5.26 Å². The van der Waals surface area contributed by atoms with Crippen LogP contribution in [0.3, 0.4) is 0 Å². The summed E-state index contributed by atoms with van der Waals surface area (Å²) >= 11 is 11.5. The lowest BCUT2D eigenvalue weighted by molar-refractivity contribution is -0.124. The number of ether oxygens (including phenoxy) is 1. The van der Waals surface area contributed by atoms with E-state index in [4.69, 9.17) is 33.2 Å². The number of nitrogens with one attached hydrogen (secondary N) is 1. The van der Waals surface area contributed by atoms with E-state index in [1.54, 1.807) is 0 Å². The summed E-state index contributed by atoms with van der Waals surface area (Å²) in [5.41, 5.74) is 0.0963. The summed E-state index contributed by atoms with van der Waals surface area (Å²) in [7, 11) is 0. The second kappa shape index (κ2) is 7.62. The molecule has 100 valence electrons. The predicted molar refractivity (Wildman–Crippen MR) is 70.0 cm³/mol. The third kappa shape index (κ3) is 5.16. The highest BCUT2D eigenvalue weighted by molar-refractivity contribution is 6.35. The van der Waals surface area contributed by atoms with Crippen LogP contribution in [0.15, 0.2) is 18.2 Å². The van der Waals surface area contributed by atoms with Gasteiger partial charge >= 0.3 is 5.97 Å². The number of carbonyl (C=O) groups is 2. The van der Waals surface area contributed by atoms with Gasteiger partial charge in [0.15, 0.2) is 6.61 Å². The molecule has 19 heavy (non-hydrogen) atoms. The van der Waals surface area contributed by atoms with E-state index < -0.39 is 18.5 Å². The highest BCUT2D eigenvalue weighted by Gasteiger charge is 2.14. The third-order valence-electron chi connectivity index (χ3n) is 2.04. The van der Waals surface area contributed by atoms with E-state index in [2.05, 4.69) is 5.32 Å². The van der Waals surface area contributed by atoms with Gasteiger partial charge in [0.1, 0.15) is 0 Å². The number of hydrogen-bond acceptors (Lipinski definition) is 4. The second-order valence-corrected chi connectivity index (χ2v) is 4.30. The molecule has 0 saturated carbocycles. The van der Waals surface area contributed by atoms with Crippen LogP contribution in [0.1, 0.15) is 16.8 Å². The first-order valence-electron chi connectivity index (χ1n) is 5.30. The SMILES string of the molecule is N#CCCNC(=O)COC(=O)c1cc(Cl)ccc1Cl. The van der Waals surface area contributed by atoms with Crippen LogP contribution in [0.25, 0.3) is 0 Å². The van der Waals surface area contributed by atoms with Crippen molar-refractivity contribution in [2.24, 2.45) is 0 Å². The normalized spacial score (nSPS) is 9.53. The van der Waals surface area contributed by atoms with Crippen LogP contribution in [-0.4, -0.2) is 25.0 Å². The summed E-state index contributed by atoms with van der Waals surface area (Å²) in [6.07, 6.45) is 0.194. The van der Waals surface area contributed by atoms with E-state index in [0.29, 0.717) is 5.02 Å². The molecule has 0 heterocycles. The number of amides is 1. The fourth-order valence-corrected chi connectivity index (χ4v) is 1.54. The van der Waals surface area contributed by atoms with Gasteiger partial charge in [-0.15, -0.1) is 0 Å². The highest BCUT2D eigenvalue weighted by atomic mass is 35.5. The van der Waals surface area contributed by atoms with Crippen molar-refractivity contribution < 1.29 is 14.3 Å². The van der Waals surface area contributed by atoms with E-state index in [1.807, 2.05) is 6.07 Å². The summed E-state index contributed by atoms with van der Waals surface area (Å²) in [6.45, 7) is -0.224. The Morgan fingerprint density at radius 1 is 1.37 bits per heavy atom. The number of nitrogens with zero attached hydrogens (tertiary/aromatic N) is 1. The first-order valence-corrected chi connectivity index (χ1v) is 6.06. The Morgan fingerprint density at radius 3 is 2.79 bits per heavy atom. The van der Waals surface area contributed by atoms with E-state index >= 15 is 0 Å². The van der Waals surface area contributed by atoms with Gasteiger partial charge in [0.2, 0.25) is 0 Å². The van der Waals surface area contributed by atoms with Crippen molar-refractivity contribution in [3.05, 3.63) is 33.8 Å². The Labute approximate surface area is 120 Å². The molecule has 0 aliphatic heterocycles. The van der Waals surface area contributed by atoms with Gasteiger partial charge in [-0.25, -0.2) is 4.79 Å². The van der Waals surface area contributed by atoms with Crippen molar-refractivity contribution in [2.45, 2.75) is 6.42 Å². The zero-order valence-corrected chi connectivity index (χ0v) is 11.3. The Bertz CT molecular complexity index is 526. The number of nitriles is 1. The van der Waals surface area contributed by atoms with Crippen molar-refractivity contribution in [3.8, 4) is 6.07 Å². The van der Waals surface area contributed by atoms with E-state index in [0.717, 1.165) is 0 Å². The molecule has 0 spiro atoms. The van der Waals surface area contributed by atoms with Gasteiger partial charge < -0.3 is 10.1 Å². The van der Waals surface area contributed by atoms with Gasteiger partial charge in [-0.05, 0) is 18.2 Å². The van der Waals surface area contributed by atoms with Gasteiger partial charge in [0.05, 0.1) is 23.1 Å². The molecule has 0 unspecified atom stereocenters. The number of hydrogen-bond donors (Lipinski definition) is 1. The lowest BCUT2D eigenvalue weighted by Gasteiger charge is -2.06. The van der Waals surface area contributed by atoms with Crippen LogP contribution in [0.4, 0.5) is 0 Å². The van der Waals surface area contributed by atoms with Crippen molar-refractivity contribution >= 4 is 35.1 Å². The Balaban J connectivity index is 2.49. The largest absolute Gasteiger partial charge is 0.452 e. The van der Waals surface area contributed by atoms with Gasteiger partial charge in [-0.3, -0.25) is 4.79 Å². The molecule has 7 heteroatoms. The zero-order chi connectivity index (χ0) is 14.3. The van der Waals surface area contributed by atoms with Gasteiger partial charge in [-0.1, -0.05) is 23.2 Å². The van der Waals surface area contributed by atoms with E-state index in [9.17, 15) is 9.59 Å². The summed E-state index contributed by atoms with van der Waals surface area (Å²) in [6, 6.07) is 6.24. The summed E-state index contributed by atoms with van der Waals surface area (Å²) in [4.78, 5) is 22.9. The first kappa shape index (κ1) is 15.3.